The summed E-state index contributed by atoms with van der Waals surface area (Å²) in [5.74, 6) is 1.86. The van der Waals surface area contributed by atoms with Gasteiger partial charge in [0.2, 0.25) is 6.79 Å². The van der Waals surface area contributed by atoms with Crippen LogP contribution in [0.1, 0.15) is 31.2 Å². The predicted molar refractivity (Wildman–Crippen MR) is 106 cm³/mol. The smallest absolute Gasteiger partial charge is 0.231 e. The van der Waals surface area contributed by atoms with Crippen LogP contribution in [0.4, 0.5) is 0 Å². The molecule has 4 heteroatoms. The van der Waals surface area contributed by atoms with E-state index >= 15 is 0 Å². The lowest BCUT2D eigenvalue weighted by Gasteiger charge is -2.16. The van der Waals surface area contributed by atoms with Crippen LogP contribution >= 0.6 is 11.8 Å². The summed E-state index contributed by atoms with van der Waals surface area (Å²) < 4.78 is 10.9. The van der Waals surface area contributed by atoms with Gasteiger partial charge in [0.05, 0.1) is 5.41 Å². The second kappa shape index (κ2) is 6.61. The molecule has 0 spiro atoms. The Bertz CT molecular complexity index is 955. The number of thioether (sulfide) groups is 1. The lowest BCUT2D eigenvalue weighted by molar-refractivity contribution is -0.120. The minimum absolute atomic E-state index is 0.264. The van der Waals surface area contributed by atoms with Crippen LogP contribution in [0.25, 0.3) is 0 Å². The molecule has 5 rings (SSSR count). The molecule has 27 heavy (non-hydrogen) atoms. The van der Waals surface area contributed by atoms with Crippen molar-refractivity contribution in [2.75, 3.05) is 6.79 Å². The Hall–Kier alpha value is -2.46. The molecule has 0 aromatic heterocycles. The Morgan fingerprint density at radius 3 is 2.63 bits per heavy atom. The molecule has 1 heterocycles. The highest BCUT2D eigenvalue weighted by Gasteiger charge is 2.51. The summed E-state index contributed by atoms with van der Waals surface area (Å²) in [6.07, 6.45) is 7.54. The zero-order valence-corrected chi connectivity index (χ0v) is 15.8. The van der Waals surface area contributed by atoms with Crippen molar-refractivity contribution >= 4 is 17.5 Å². The molecular weight excluding hydrogens is 356 g/mol. The van der Waals surface area contributed by atoms with Gasteiger partial charge in [-0.15, -0.1) is 0 Å². The molecule has 0 bridgehead atoms. The van der Waals surface area contributed by atoms with Crippen LogP contribution in [-0.2, 0) is 10.2 Å². The van der Waals surface area contributed by atoms with E-state index in [1.807, 2.05) is 24.3 Å². The molecule has 1 saturated carbocycles. The maximum Gasteiger partial charge on any atom is 0.231 e. The molecule has 0 atom stereocenters. The summed E-state index contributed by atoms with van der Waals surface area (Å²) >= 11 is 1.78. The molecular formula is C23H20O3S. The van der Waals surface area contributed by atoms with Crippen molar-refractivity contribution < 1.29 is 14.3 Å². The van der Waals surface area contributed by atoms with Crippen molar-refractivity contribution in [1.82, 2.24) is 0 Å². The molecule has 0 amide bonds. The molecule has 0 N–H and O–H groups in total. The number of benzene rings is 2. The van der Waals surface area contributed by atoms with E-state index in [0.29, 0.717) is 12.2 Å². The fourth-order valence-electron chi connectivity index (χ4n) is 3.81. The van der Waals surface area contributed by atoms with Gasteiger partial charge in [0.25, 0.3) is 0 Å². The van der Waals surface area contributed by atoms with Crippen molar-refractivity contribution in [2.24, 2.45) is 0 Å². The van der Waals surface area contributed by atoms with Gasteiger partial charge < -0.3 is 9.47 Å². The summed E-state index contributed by atoms with van der Waals surface area (Å²) in [5.41, 5.74) is 1.96. The van der Waals surface area contributed by atoms with Crippen LogP contribution in [0.2, 0.25) is 0 Å². The number of ether oxygens (including phenoxy) is 2. The lowest BCUT2D eigenvalue weighted by atomic mass is 9.87. The topological polar surface area (TPSA) is 35.5 Å². The van der Waals surface area contributed by atoms with Crippen LogP contribution in [0.15, 0.2) is 76.1 Å². The molecule has 136 valence electrons. The van der Waals surface area contributed by atoms with Crippen LogP contribution in [0.3, 0.4) is 0 Å². The molecule has 2 aromatic carbocycles. The summed E-state index contributed by atoms with van der Waals surface area (Å²) in [6, 6.07) is 16.3. The average molecular weight is 376 g/mol. The average Bonchev–Trinajstić information content (AvgIpc) is 3.17. The Kier molecular flexibility index (Phi) is 4.09. The quantitative estimate of drug-likeness (QED) is 0.675. The molecule has 0 radical (unpaired) electrons. The third kappa shape index (κ3) is 3.19. The van der Waals surface area contributed by atoms with Gasteiger partial charge >= 0.3 is 0 Å². The van der Waals surface area contributed by atoms with Gasteiger partial charge in [0.1, 0.15) is 5.78 Å². The van der Waals surface area contributed by atoms with E-state index in [4.69, 9.17) is 9.47 Å². The van der Waals surface area contributed by atoms with Crippen LogP contribution in [0, 0.1) is 0 Å². The molecule has 0 saturated heterocycles. The highest BCUT2D eigenvalue weighted by Crippen LogP contribution is 2.52. The number of allylic oxidation sites excluding steroid dienone is 4. The number of Topliss-reactive ketones (excluding diaryl/α,β-unsaturated/α-hetero) is 1. The van der Waals surface area contributed by atoms with E-state index < -0.39 is 0 Å². The molecule has 3 nitrogen and oxygen atoms in total. The number of carbonyl (C=O) groups is 1. The van der Waals surface area contributed by atoms with Crippen LogP contribution < -0.4 is 9.47 Å². The summed E-state index contributed by atoms with van der Waals surface area (Å²) in [6.45, 7) is 0.264. The maximum absolute atomic E-state index is 13.1. The van der Waals surface area contributed by atoms with Crippen molar-refractivity contribution in [3.63, 3.8) is 0 Å². The van der Waals surface area contributed by atoms with E-state index in [1.165, 1.54) is 15.4 Å². The van der Waals surface area contributed by atoms with Gasteiger partial charge in [-0.2, -0.15) is 0 Å². The third-order valence-electron chi connectivity index (χ3n) is 5.49. The molecule has 2 aromatic rings. The Morgan fingerprint density at radius 2 is 1.81 bits per heavy atom. The Balaban J connectivity index is 1.24. The van der Waals surface area contributed by atoms with Crippen molar-refractivity contribution in [1.29, 1.82) is 0 Å². The first kappa shape index (κ1) is 16.7. The van der Waals surface area contributed by atoms with Crippen molar-refractivity contribution in [2.45, 2.75) is 36.0 Å². The van der Waals surface area contributed by atoms with Crippen LogP contribution in [0.5, 0.6) is 11.5 Å². The number of carbonyl (C=O) groups excluding carboxylic acids is 1. The van der Waals surface area contributed by atoms with Crippen LogP contribution in [-0.4, -0.2) is 12.6 Å². The third-order valence-corrected chi connectivity index (χ3v) is 6.55. The van der Waals surface area contributed by atoms with Crippen molar-refractivity contribution in [3.8, 4) is 11.5 Å². The highest BCUT2D eigenvalue weighted by molar-refractivity contribution is 8.03. The fourth-order valence-corrected chi connectivity index (χ4v) is 4.80. The standard InChI is InChI=1S/C23H20O3S/c24-22(13-16-6-8-19(12-16)27-18-4-2-1-3-5-18)23(10-11-23)17-7-9-20-21(14-17)26-15-25-20/h1-9,14H,10-13,15H2. The number of fused-ring (bicyclic) bond motifs is 1. The minimum atomic E-state index is -0.322. The first-order valence-corrected chi connectivity index (χ1v) is 10.1. The number of rotatable bonds is 6. The largest absolute Gasteiger partial charge is 0.454 e. The molecule has 2 aliphatic carbocycles. The van der Waals surface area contributed by atoms with Gasteiger partial charge in [0.15, 0.2) is 11.5 Å². The first-order valence-electron chi connectivity index (χ1n) is 9.28. The van der Waals surface area contributed by atoms with Gasteiger partial charge in [-0.1, -0.05) is 53.8 Å². The number of hydrogen-bond acceptors (Lipinski definition) is 4. The summed E-state index contributed by atoms with van der Waals surface area (Å²) in [7, 11) is 0. The lowest BCUT2D eigenvalue weighted by Crippen LogP contribution is -2.20. The van der Waals surface area contributed by atoms with E-state index in [1.54, 1.807) is 11.8 Å². The fraction of sp³-hybridized carbons (Fsp3) is 0.261. The SMILES string of the molecule is O=C(CC1=CC=C(Sc2ccccc2)C1)C1(c2ccc3c(c2)OCO3)CC1. The van der Waals surface area contributed by atoms with Gasteiger partial charge in [-0.25, -0.2) is 0 Å². The van der Waals surface area contributed by atoms with E-state index in [0.717, 1.165) is 36.3 Å². The summed E-state index contributed by atoms with van der Waals surface area (Å²) in [4.78, 5) is 15.6. The minimum Gasteiger partial charge on any atom is -0.454 e. The first-order chi connectivity index (χ1) is 13.2. The second-order valence-electron chi connectivity index (χ2n) is 7.30. The predicted octanol–water partition coefficient (Wildman–Crippen LogP) is 5.41. The van der Waals surface area contributed by atoms with E-state index in [-0.39, 0.29) is 12.2 Å². The molecule has 1 aliphatic heterocycles. The maximum atomic E-state index is 13.1. The molecule has 3 aliphatic rings. The van der Waals surface area contributed by atoms with E-state index in [2.05, 4.69) is 36.4 Å². The van der Waals surface area contributed by atoms with Crippen molar-refractivity contribution in [3.05, 3.63) is 76.7 Å². The van der Waals surface area contributed by atoms with Gasteiger partial charge in [0, 0.05) is 17.7 Å². The molecule has 0 unspecified atom stereocenters. The van der Waals surface area contributed by atoms with Gasteiger partial charge in [-0.05, 0) is 47.6 Å². The number of ketones is 1. The normalized spacial score (nSPS) is 18.8. The second-order valence-corrected chi connectivity index (χ2v) is 8.50. The zero-order chi connectivity index (χ0) is 18.3. The van der Waals surface area contributed by atoms with E-state index in [9.17, 15) is 4.79 Å². The van der Waals surface area contributed by atoms with Gasteiger partial charge in [-0.3, -0.25) is 4.79 Å². The highest BCUT2D eigenvalue weighted by atomic mass is 32.2. The Morgan fingerprint density at radius 1 is 1.00 bits per heavy atom. The number of hydrogen-bond donors (Lipinski definition) is 0. The Labute approximate surface area is 163 Å². The molecule has 1 fully saturated rings. The monoisotopic (exact) mass is 376 g/mol. The zero-order valence-electron chi connectivity index (χ0n) is 14.9. The summed E-state index contributed by atoms with van der Waals surface area (Å²) in [5, 5.41) is 0.